The van der Waals surface area contributed by atoms with Crippen LogP contribution < -0.4 is 10.2 Å². The van der Waals surface area contributed by atoms with Crippen molar-refractivity contribution in [3.05, 3.63) is 58.2 Å². The number of hydrogen-bond acceptors (Lipinski definition) is 5. The van der Waals surface area contributed by atoms with Crippen LogP contribution in [-0.4, -0.2) is 35.8 Å². The van der Waals surface area contributed by atoms with Gasteiger partial charge < -0.3 is 5.32 Å². The van der Waals surface area contributed by atoms with Gasteiger partial charge in [0.1, 0.15) is 0 Å². The van der Waals surface area contributed by atoms with Gasteiger partial charge in [0.15, 0.2) is 0 Å². The van der Waals surface area contributed by atoms with E-state index in [-0.39, 0.29) is 34.7 Å². The van der Waals surface area contributed by atoms with Gasteiger partial charge in [-0.05, 0) is 56.2 Å². The Bertz CT molecular complexity index is 1250. The Morgan fingerprint density at radius 3 is 2.61 bits per heavy atom. The van der Waals surface area contributed by atoms with E-state index >= 15 is 0 Å². The van der Waals surface area contributed by atoms with Crippen LogP contribution in [0.1, 0.15) is 32.6 Å². The van der Waals surface area contributed by atoms with Crippen LogP contribution in [-0.2, 0) is 21.4 Å². The van der Waals surface area contributed by atoms with Crippen LogP contribution in [0.3, 0.4) is 0 Å². The van der Waals surface area contributed by atoms with E-state index in [1.807, 2.05) is 31.2 Å². The number of para-hydroxylation sites is 1. The van der Waals surface area contributed by atoms with Gasteiger partial charge >= 0.3 is 4.87 Å². The van der Waals surface area contributed by atoms with E-state index in [2.05, 4.69) is 5.32 Å². The summed E-state index contributed by atoms with van der Waals surface area (Å²) in [7, 11) is -3.54. The average molecular weight is 460 g/mol. The Morgan fingerprint density at radius 1 is 1.13 bits per heavy atom. The highest BCUT2D eigenvalue weighted by Crippen LogP contribution is 2.26. The van der Waals surface area contributed by atoms with Crippen molar-refractivity contribution >= 4 is 43.2 Å². The highest BCUT2D eigenvalue weighted by atomic mass is 32.2. The van der Waals surface area contributed by atoms with E-state index in [1.54, 1.807) is 21.0 Å². The molecule has 2 heterocycles. The number of sulfonamides is 1. The van der Waals surface area contributed by atoms with Crippen molar-refractivity contribution in [3.8, 4) is 0 Å². The zero-order valence-electron chi connectivity index (χ0n) is 17.3. The molecule has 1 unspecified atom stereocenters. The maximum absolute atomic E-state index is 12.9. The van der Waals surface area contributed by atoms with Gasteiger partial charge in [-0.15, -0.1) is 0 Å². The molecule has 164 valence electrons. The molecule has 3 aromatic rings. The number of carbonyl (C=O) groups is 1. The summed E-state index contributed by atoms with van der Waals surface area (Å²) in [4.78, 5) is 24.7. The number of amides is 1. The molecular formula is C22H25N3O4S2. The fourth-order valence-corrected chi connectivity index (χ4v) is 6.55. The van der Waals surface area contributed by atoms with E-state index in [1.165, 1.54) is 12.1 Å². The van der Waals surface area contributed by atoms with Gasteiger partial charge in [0.05, 0.1) is 15.1 Å². The molecule has 1 amide bonds. The molecule has 1 N–H and O–H groups in total. The second kappa shape index (κ2) is 8.94. The average Bonchev–Trinajstić information content (AvgIpc) is 3.08. The zero-order chi connectivity index (χ0) is 22.0. The fraction of sp³-hybridized carbons (Fsp3) is 0.364. The predicted molar refractivity (Wildman–Crippen MR) is 123 cm³/mol. The van der Waals surface area contributed by atoms with Crippen molar-refractivity contribution in [1.82, 2.24) is 8.87 Å². The smallest absolute Gasteiger partial charge is 0.308 e. The molecule has 1 saturated heterocycles. The Hall–Kier alpha value is -2.49. The van der Waals surface area contributed by atoms with Crippen molar-refractivity contribution in [2.45, 2.75) is 50.1 Å². The highest BCUT2D eigenvalue weighted by molar-refractivity contribution is 7.89. The predicted octanol–water partition coefficient (Wildman–Crippen LogP) is 3.65. The highest BCUT2D eigenvalue weighted by Gasteiger charge is 2.30. The second-order valence-electron chi connectivity index (χ2n) is 7.77. The third kappa shape index (κ3) is 4.58. The maximum Gasteiger partial charge on any atom is 0.308 e. The van der Waals surface area contributed by atoms with Crippen molar-refractivity contribution in [1.29, 1.82) is 0 Å². The molecule has 1 aliphatic heterocycles. The van der Waals surface area contributed by atoms with Crippen LogP contribution in [0.4, 0.5) is 5.69 Å². The Labute approximate surface area is 185 Å². The van der Waals surface area contributed by atoms with Crippen molar-refractivity contribution in [2.75, 3.05) is 11.9 Å². The van der Waals surface area contributed by atoms with E-state index in [4.69, 9.17) is 0 Å². The summed E-state index contributed by atoms with van der Waals surface area (Å²) >= 11 is 1.16. The number of thiazole rings is 1. The molecule has 31 heavy (non-hydrogen) atoms. The zero-order valence-corrected chi connectivity index (χ0v) is 18.9. The maximum atomic E-state index is 12.9. The minimum absolute atomic E-state index is 0.00489. The van der Waals surface area contributed by atoms with Crippen LogP contribution >= 0.6 is 11.3 Å². The van der Waals surface area contributed by atoms with Crippen LogP contribution in [0.5, 0.6) is 0 Å². The first kappa shape index (κ1) is 21.7. The molecule has 0 spiro atoms. The van der Waals surface area contributed by atoms with Crippen molar-refractivity contribution in [2.24, 2.45) is 0 Å². The van der Waals surface area contributed by atoms with Gasteiger partial charge in [0.2, 0.25) is 15.9 Å². The van der Waals surface area contributed by atoms with Crippen LogP contribution in [0, 0.1) is 0 Å². The standard InChI is InChI=1S/C22H25N3O4S2/c1-16-6-4-5-14-25(16)31(28,29)18-11-9-17(10-12-18)23-21(26)13-15-24-19-7-2-3-8-20(19)30-22(24)27/h2-3,7-12,16H,4-6,13-15H2,1H3,(H,23,26). The number of nitrogens with one attached hydrogen (secondary N) is 1. The Morgan fingerprint density at radius 2 is 1.87 bits per heavy atom. The number of benzene rings is 2. The lowest BCUT2D eigenvalue weighted by atomic mass is 10.1. The largest absolute Gasteiger partial charge is 0.326 e. The summed E-state index contributed by atoms with van der Waals surface area (Å²) < 4.78 is 29.9. The topological polar surface area (TPSA) is 88.5 Å². The number of rotatable bonds is 6. The van der Waals surface area contributed by atoms with Gasteiger partial charge in [-0.2, -0.15) is 4.31 Å². The normalized spacial score (nSPS) is 17.6. The molecule has 1 aromatic heterocycles. The molecule has 1 atom stereocenters. The van der Waals surface area contributed by atoms with E-state index in [9.17, 15) is 18.0 Å². The third-order valence-electron chi connectivity index (χ3n) is 5.62. The van der Waals surface area contributed by atoms with Gasteiger partial charge in [0.25, 0.3) is 0 Å². The van der Waals surface area contributed by atoms with Crippen LogP contribution in [0.15, 0.2) is 58.2 Å². The van der Waals surface area contributed by atoms with Gasteiger partial charge in [0, 0.05) is 31.2 Å². The first-order valence-electron chi connectivity index (χ1n) is 10.4. The first-order valence-corrected chi connectivity index (χ1v) is 12.6. The molecule has 2 aromatic carbocycles. The van der Waals surface area contributed by atoms with Crippen LogP contribution in [0.25, 0.3) is 10.2 Å². The lowest BCUT2D eigenvalue weighted by Crippen LogP contribution is -2.41. The quantitative estimate of drug-likeness (QED) is 0.609. The molecule has 7 nitrogen and oxygen atoms in total. The van der Waals surface area contributed by atoms with E-state index in [0.717, 1.165) is 40.8 Å². The summed E-state index contributed by atoms with van der Waals surface area (Å²) in [5, 5.41) is 2.78. The SMILES string of the molecule is CC1CCCCN1S(=O)(=O)c1ccc(NC(=O)CCn2c(=O)sc3ccccc32)cc1. The van der Waals surface area contributed by atoms with Crippen molar-refractivity contribution < 1.29 is 13.2 Å². The molecule has 0 bridgehead atoms. The fourth-order valence-electron chi connectivity index (χ4n) is 3.94. The summed E-state index contributed by atoms with van der Waals surface area (Å²) in [6.45, 7) is 2.76. The summed E-state index contributed by atoms with van der Waals surface area (Å²) in [6, 6.07) is 13.8. The molecule has 1 aliphatic rings. The number of aromatic nitrogens is 1. The lowest BCUT2D eigenvalue weighted by molar-refractivity contribution is -0.116. The second-order valence-corrected chi connectivity index (χ2v) is 10.7. The van der Waals surface area contributed by atoms with Crippen LogP contribution in [0.2, 0.25) is 0 Å². The molecule has 4 rings (SSSR count). The van der Waals surface area contributed by atoms with Gasteiger partial charge in [-0.1, -0.05) is 29.9 Å². The van der Waals surface area contributed by atoms with Gasteiger partial charge in [-0.3, -0.25) is 14.2 Å². The van der Waals surface area contributed by atoms with E-state index < -0.39 is 10.0 Å². The Kier molecular flexibility index (Phi) is 6.27. The summed E-state index contributed by atoms with van der Waals surface area (Å²) in [5.74, 6) is -0.234. The number of anilines is 1. The number of fused-ring (bicyclic) bond motifs is 1. The number of carbonyl (C=O) groups excluding carboxylic acids is 1. The Balaban J connectivity index is 1.40. The molecular weight excluding hydrogens is 434 g/mol. The monoisotopic (exact) mass is 459 g/mol. The lowest BCUT2D eigenvalue weighted by Gasteiger charge is -2.32. The molecule has 0 radical (unpaired) electrons. The third-order valence-corrected chi connectivity index (χ3v) is 8.61. The summed E-state index contributed by atoms with van der Waals surface area (Å²) in [5.41, 5.74) is 1.35. The number of aryl methyl sites for hydroxylation is 1. The molecule has 0 aliphatic carbocycles. The minimum Gasteiger partial charge on any atom is -0.326 e. The summed E-state index contributed by atoms with van der Waals surface area (Å²) in [6.07, 6.45) is 2.94. The molecule has 9 heteroatoms. The molecule has 0 saturated carbocycles. The first-order chi connectivity index (χ1) is 14.9. The minimum atomic E-state index is -3.54. The van der Waals surface area contributed by atoms with Crippen molar-refractivity contribution in [3.63, 3.8) is 0 Å². The number of nitrogens with zero attached hydrogens (tertiary/aromatic N) is 2. The number of hydrogen-bond donors (Lipinski definition) is 1. The number of piperidine rings is 1. The van der Waals surface area contributed by atoms with E-state index in [0.29, 0.717) is 12.2 Å². The van der Waals surface area contributed by atoms with Gasteiger partial charge in [-0.25, -0.2) is 8.42 Å². The molecule has 1 fully saturated rings.